The van der Waals surface area contributed by atoms with Gasteiger partial charge in [-0.1, -0.05) is 13.8 Å². The highest BCUT2D eigenvalue weighted by atomic mass is 35.5. The van der Waals surface area contributed by atoms with Gasteiger partial charge in [0.15, 0.2) is 0 Å². The number of aliphatic carboxylic acids is 1. The lowest BCUT2D eigenvalue weighted by Gasteiger charge is -2.04. The second kappa shape index (κ2) is 3.64. The van der Waals surface area contributed by atoms with Crippen LogP contribution in [0.3, 0.4) is 0 Å². The average Bonchev–Trinajstić information content (AvgIpc) is 2.48. The van der Waals surface area contributed by atoms with E-state index < -0.39 is 16.7 Å². The van der Waals surface area contributed by atoms with Gasteiger partial charge in [0.25, 0.3) is 0 Å². The Labute approximate surface area is 87.0 Å². The van der Waals surface area contributed by atoms with Crippen LogP contribution < -0.4 is 0 Å². The predicted molar refractivity (Wildman–Crippen MR) is 50.1 cm³/mol. The Kier molecular flexibility index (Phi) is 3.10. The van der Waals surface area contributed by atoms with Gasteiger partial charge in [-0.05, 0) is 0 Å². The van der Waals surface area contributed by atoms with Crippen LogP contribution >= 0.6 is 23.2 Å². The zero-order chi connectivity index (χ0) is 10.2. The summed E-state index contributed by atoms with van der Waals surface area (Å²) in [5.74, 6) is -1.25. The summed E-state index contributed by atoms with van der Waals surface area (Å²) in [6.45, 7) is 3.89. The number of carbonyl (C=O) groups is 1. The van der Waals surface area contributed by atoms with E-state index in [1.54, 1.807) is 0 Å². The highest BCUT2D eigenvalue weighted by Crippen LogP contribution is 2.54. The van der Waals surface area contributed by atoms with E-state index in [2.05, 4.69) is 0 Å². The Balaban J connectivity index is 2.42. The highest BCUT2D eigenvalue weighted by Gasteiger charge is 2.63. The van der Waals surface area contributed by atoms with Crippen molar-refractivity contribution in [1.29, 1.82) is 0 Å². The molecule has 1 N–H and O–H groups in total. The number of halogens is 2. The monoisotopic (exact) mass is 226 g/mol. The molecule has 0 aromatic heterocycles. The molecule has 13 heavy (non-hydrogen) atoms. The van der Waals surface area contributed by atoms with Gasteiger partial charge < -0.3 is 9.84 Å². The van der Waals surface area contributed by atoms with Gasteiger partial charge >= 0.3 is 5.97 Å². The fourth-order valence-corrected chi connectivity index (χ4v) is 1.67. The molecule has 0 saturated heterocycles. The Morgan fingerprint density at radius 2 is 2.15 bits per heavy atom. The predicted octanol–water partition coefficient (Wildman–Crippen LogP) is 1.92. The van der Waals surface area contributed by atoms with E-state index in [0.717, 1.165) is 0 Å². The molecule has 76 valence electrons. The minimum atomic E-state index is -0.823. The maximum Gasteiger partial charge on any atom is 0.309 e. The summed E-state index contributed by atoms with van der Waals surface area (Å²) >= 11 is 10.9. The van der Waals surface area contributed by atoms with Crippen LogP contribution in [0.1, 0.15) is 13.8 Å². The second-order valence-corrected chi connectivity index (χ2v) is 5.06. The van der Waals surface area contributed by atoms with Gasteiger partial charge in [0.2, 0.25) is 0 Å². The summed E-state index contributed by atoms with van der Waals surface area (Å²) in [4.78, 5) is 10.1. The standard InChI is InChI=1S/C8H12Cl2O3/c1-8(2)5(7(11)12)6(8)13-3-4(9)10/h4-6H,3H2,1-2H3,(H,11,12). The average molecular weight is 227 g/mol. The van der Waals surface area contributed by atoms with E-state index in [1.165, 1.54) is 0 Å². The summed E-state index contributed by atoms with van der Waals surface area (Å²) in [5.41, 5.74) is -0.297. The molecule has 2 atom stereocenters. The van der Waals surface area contributed by atoms with Crippen LogP contribution in [0.25, 0.3) is 0 Å². The molecule has 2 unspecified atom stereocenters. The molecule has 0 aliphatic heterocycles. The van der Waals surface area contributed by atoms with E-state index in [0.29, 0.717) is 0 Å². The topological polar surface area (TPSA) is 46.5 Å². The first-order chi connectivity index (χ1) is 5.87. The van der Waals surface area contributed by atoms with E-state index in [9.17, 15) is 4.79 Å². The molecule has 0 amide bonds. The maximum absolute atomic E-state index is 10.7. The molecule has 0 heterocycles. The first-order valence-corrected chi connectivity index (χ1v) is 4.87. The minimum absolute atomic E-state index is 0.182. The number of ether oxygens (including phenoxy) is 1. The summed E-state index contributed by atoms with van der Waals surface area (Å²) in [5, 5.41) is 8.78. The van der Waals surface area contributed by atoms with Crippen LogP contribution in [-0.2, 0) is 9.53 Å². The third kappa shape index (κ3) is 2.27. The molecular formula is C8H12Cl2O3. The van der Waals surface area contributed by atoms with Gasteiger partial charge in [-0.25, -0.2) is 0 Å². The van der Waals surface area contributed by atoms with Crippen LogP contribution in [-0.4, -0.2) is 28.6 Å². The zero-order valence-corrected chi connectivity index (χ0v) is 8.97. The Morgan fingerprint density at radius 3 is 2.46 bits per heavy atom. The van der Waals surface area contributed by atoms with Gasteiger partial charge in [-0.3, -0.25) is 4.79 Å². The molecule has 5 heteroatoms. The van der Waals surface area contributed by atoms with Crippen LogP contribution in [0.5, 0.6) is 0 Å². The quantitative estimate of drug-likeness (QED) is 0.746. The van der Waals surface area contributed by atoms with Crippen molar-refractivity contribution in [1.82, 2.24) is 0 Å². The van der Waals surface area contributed by atoms with E-state index in [1.807, 2.05) is 13.8 Å². The molecule has 0 spiro atoms. The van der Waals surface area contributed by atoms with Crippen molar-refractivity contribution >= 4 is 29.2 Å². The number of hydrogen-bond acceptors (Lipinski definition) is 2. The highest BCUT2D eigenvalue weighted by molar-refractivity contribution is 6.44. The van der Waals surface area contributed by atoms with Gasteiger partial charge in [-0.15, -0.1) is 23.2 Å². The van der Waals surface area contributed by atoms with Crippen molar-refractivity contribution in [2.75, 3.05) is 6.61 Å². The number of alkyl halides is 2. The smallest absolute Gasteiger partial charge is 0.309 e. The molecule has 0 bridgehead atoms. The van der Waals surface area contributed by atoms with Crippen LogP contribution in [0.15, 0.2) is 0 Å². The summed E-state index contributed by atoms with van der Waals surface area (Å²) in [6, 6.07) is 0. The van der Waals surface area contributed by atoms with Crippen LogP contribution in [0, 0.1) is 11.3 Å². The second-order valence-electron chi connectivity index (χ2n) is 3.78. The zero-order valence-electron chi connectivity index (χ0n) is 7.46. The lowest BCUT2D eigenvalue weighted by atomic mass is 10.1. The molecule has 1 saturated carbocycles. The van der Waals surface area contributed by atoms with E-state index >= 15 is 0 Å². The number of carboxylic acids is 1. The SMILES string of the molecule is CC1(C)C(OCC(Cl)Cl)C1C(=O)O. The molecule has 1 aliphatic rings. The van der Waals surface area contributed by atoms with Gasteiger partial charge in [0.1, 0.15) is 4.84 Å². The lowest BCUT2D eigenvalue weighted by molar-refractivity contribution is -0.140. The van der Waals surface area contributed by atoms with Crippen molar-refractivity contribution < 1.29 is 14.6 Å². The molecule has 1 aliphatic carbocycles. The molecule has 3 nitrogen and oxygen atoms in total. The van der Waals surface area contributed by atoms with E-state index in [4.69, 9.17) is 33.0 Å². The first-order valence-electron chi connectivity index (χ1n) is 4.00. The van der Waals surface area contributed by atoms with Crippen molar-refractivity contribution in [3.8, 4) is 0 Å². The molecular weight excluding hydrogens is 215 g/mol. The first kappa shape index (κ1) is 11.1. The minimum Gasteiger partial charge on any atom is -0.481 e. The van der Waals surface area contributed by atoms with Crippen molar-refractivity contribution in [3.63, 3.8) is 0 Å². The van der Waals surface area contributed by atoms with Crippen LogP contribution in [0.2, 0.25) is 0 Å². The van der Waals surface area contributed by atoms with Crippen molar-refractivity contribution in [3.05, 3.63) is 0 Å². The number of hydrogen-bond donors (Lipinski definition) is 1. The maximum atomic E-state index is 10.7. The lowest BCUT2D eigenvalue weighted by Crippen LogP contribution is -2.09. The molecule has 0 aromatic rings. The largest absolute Gasteiger partial charge is 0.481 e. The van der Waals surface area contributed by atoms with Gasteiger partial charge in [0, 0.05) is 5.41 Å². The molecule has 1 fully saturated rings. The third-order valence-electron chi connectivity index (χ3n) is 2.40. The van der Waals surface area contributed by atoms with Gasteiger partial charge in [0.05, 0.1) is 18.6 Å². The van der Waals surface area contributed by atoms with Crippen LogP contribution in [0.4, 0.5) is 0 Å². The third-order valence-corrected chi connectivity index (χ3v) is 2.65. The Morgan fingerprint density at radius 1 is 1.62 bits per heavy atom. The fourth-order valence-electron chi connectivity index (χ4n) is 1.53. The fraction of sp³-hybridized carbons (Fsp3) is 0.875. The van der Waals surface area contributed by atoms with Crippen molar-refractivity contribution in [2.45, 2.75) is 24.8 Å². The molecule has 0 radical (unpaired) electrons. The Bertz CT molecular complexity index is 215. The molecule has 1 rings (SSSR count). The molecule has 0 aromatic carbocycles. The van der Waals surface area contributed by atoms with Crippen molar-refractivity contribution in [2.24, 2.45) is 11.3 Å². The Hall–Kier alpha value is 0.01000. The van der Waals surface area contributed by atoms with Gasteiger partial charge in [-0.2, -0.15) is 0 Å². The summed E-state index contributed by atoms with van der Waals surface area (Å²) < 4.78 is 5.26. The number of rotatable bonds is 4. The summed E-state index contributed by atoms with van der Waals surface area (Å²) in [7, 11) is 0. The number of carboxylic acid groups (broad SMARTS) is 1. The normalized spacial score (nSPS) is 30.5. The summed E-state index contributed by atoms with van der Waals surface area (Å²) in [6.07, 6.45) is -0.259. The van der Waals surface area contributed by atoms with E-state index in [-0.39, 0.29) is 18.1 Å².